The minimum atomic E-state index is 0.287. The zero-order valence-electron chi connectivity index (χ0n) is 7.82. The van der Waals surface area contributed by atoms with Crippen LogP contribution in [-0.2, 0) is 0 Å². The average Bonchev–Trinajstić information content (AvgIpc) is 2.72. The van der Waals surface area contributed by atoms with Crippen LogP contribution >= 0.6 is 0 Å². The van der Waals surface area contributed by atoms with Crippen molar-refractivity contribution in [1.82, 2.24) is 4.90 Å². The third kappa shape index (κ3) is 1.56. The Morgan fingerprint density at radius 3 is 2.85 bits per heavy atom. The van der Waals surface area contributed by atoms with Crippen LogP contribution in [0.2, 0.25) is 0 Å². The first-order chi connectivity index (χ1) is 6.35. The number of nitriles is 1. The molecule has 13 heavy (non-hydrogen) atoms. The molecule has 1 N–H and O–H groups in total. The second-order valence-electron chi connectivity index (χ2n) is 4.19. The molecule has 0 aromatic carbocycles. The Balaban J connectivity index is 1.85. The molecule has 3 unspecified atom stereocenters. The summed E-state index contributed by atoms with van der Waals surface area (Å²) in [5.41, 5.74) is 0. The molecule has 3 heteroatoms. The Hall–Kier alpha value is -0.590. The molecule has 1 aliphatic heterocycles. The summed E-state index contributed by atoms with van der Waals surface area (Å²) in [6.45, 7) is 2.38. The fourth-order valence-corrected chi connectivity index (χ4v) is 2.75. The molecule has 2 fully saturated rings. The van der Waals surface area contributed by atoms with Crippen LogP contribution in [0.25, 0.3) is 0 Å². The van der Waals surface area contributed by atoms with Crippen molar-refractivity contribution in [2.75, 3.05) is 19.7 Å². The van der Waals surface area contributed by atoms with Crippen molar-refractivity contribution in [2.24, 2.45) is 11.8 Å². The van der Waals surface area contributed by atoms with Crippen LogP contribution < -0.4 is 0 Å². The summed E-state index contributed by atoms with van der Waals surface area (Å²) in [4.78, 5) is 2.44. The van der Waals surface area contributed by atoms with E-state index < -0.39 is 0 Å². The van der Waals surface area contributed by atoms with Gasteiger partial charge in [0.25, 0.3) is 0 Å². The topological polar surface area (TPSA) is 47.3 Å². The molecule has 0 amide bonds. The van der Waals surface area contributed by atoms with Gasteiger partial charge in [0.1, 0.15) is 0 Å². The Kier molecular flexibility index (Phi) is 2.52. The Bertz CT molecular complexity index is 223. The van der Waals surface area contributed by atoms with Gasteiger partial charge in [-0.1, -0.05) is 0 Å². The van der Waals surface area contributed by atoms with Crippen LogP contribution in [0.1, 0.15) is 19.3 Å². The van der Waals surface area contributed by atoms with E-state index in [1.54, 1.807) is 0 Å². The molecule has 3 atom stereocenters. The van der Waals surface area contributed by atoms with Gasteiger partial charge in [-0.05, 0) is 25.2 Å². The van der Waals surface area contributed by atoms with Crippen LogP contribution in [0.5, 0.6) is 0 Å². The molecule has 1 saturated carbocycles. The van der Waals surface area contributed by atoms with Gasteiger partial charge in [-0.15, -0.1) is 0 Å². The van der Waals surface area contributed by atoms with Crippen LogP contribution in [-0.4, -0.2) is 35.7 Å². The number of aliphatic hydroxyl groups excluding tert-OH is 1. The van der Waals surface area contributed by atoms with Gasteiger partial charge in [0.2, 0.25) is 0 Å². The summed E-state index contributed by atoms with van der Waals surface area (Å²) >= 11 is 0. The lowest BCUT2D eigenvalue weighted by Gasteiger charge is -2.28. The van der Waals surface area contributed by atoms with Crippen molar-refractivity contribution < 1.29 is 5.11 Å². The van der Waals surface area contributed by atoms with E-state index in [1.807, 2.05) is 0 Å². The number of hydrogen-bond acceptors (Lipinski definition) is 3. The first-order valence-corrected chi connectivity index (χ1v) is 5.09. The Morgan fingerprint density at radius 2 is 2.31 bits per heavy atom. The maximum atomic E-state index is 8.84. The van der Waals surface area contributed by atoms with Gasteiger partial charge in [-0.2, -0.15) is 5.26 Å². The van der Waals surface area contributed by atoms with Gasteiger partial charge in [0.15, 0.2) is 0 Å². The third-order valence-electron chi connectivity index (χ3n) is 3.42. The highest BCUT2D eigenvalue weighted by Gasteiger charge is 2.44. The van der Waals surface area contributed by atoms with Crippen LogP contribution in [0, 0.1) is 23.2 Å². The molecule has 0 aromatic heterocycles. The lowest BCUT2D eigenvalue weighted by molar-refractivity contribution is 0.173. The van der Waals surface area contributed by atoms with E-state index in [0.717, 1.165) is 25.9 Å². The molecular formula is C10H16N2O. The number of nitrogens with zero attached hydrogens (tertiary/aromatic N) is 2. The molecule has 1 heterocycles. The number of piperidine rings is 1. The Labute approximate surface area is 79.0 Å². The molecule has 0 aromatic rings. The molecule has 72 valence electrons. The standard InChI is InChI=1S/C10H16N2O/c11-6-8-4-10-5-9(8)7-12(10)2-1-3-13/h8-10,13H,1-5,7H2. The highest BCUT2D eigenvalue weighted by molar-refractivity contribution is 5.04. The first-order valence-electron chi connectivity index (χ1n) is 5.09. The van der Waals surface area contributed by atoms with Crippen molar-refractivity contribution in [3.05, 3.63) is 0 Å². The zero-order valence-corrected chi connectivity index (χ0v) is 7.82. The van der Waals surface area contributed by atoms with E-state index in [9.17, 15) is 0 Å². The summed E-state index contributed by atoms with van der Waals surface area (Å²) in [5, 5.41) is 17.6. The van der Waals surface area contributed by atoms with Crippen LogP contribution in [0.3, 0.4) is 0 Å². The van der Waals surface area contributed by atoms with Crippen LogP contribution in [0.4, 0.5) is 0 Å². The van der Waals surface area contributed by atoms with E-state index in [1.165, 1.54) is 6.42 Å². The van der Waals surface area contributed by atoms with E-state index >= 15 is 0 Å². The summed E-state index contributed by atoms with van der Waals surface area (Å²) in [6.07, 6.45) is 3.15. The number of rotatable bonds is 3. The van der Waals surface area contributed by atoms with Crippen molar-refractivity contribution >= 4 is 0 Å². The predicted octanol–water partition coefficient (Wildman–Crippen LogP) is 0.603. The van der Waals surface area contributed by atoms with Gasteiger partial charge >= 0.3 is 0 Å². The van der Waals surface area contributed by atoms with Gasteiger partial charge in [-0.3, -0.25) is 4.90 Å². The highest BCUT2D eigenvalue weighted by atomic mass is 16.3. The summed E-state index contributed by atoms with van der Waals surface area (Å²) in [5.74, 6) is 0.934. The largest absolute Gasteiger partial charge is 0.396 e. The minimum absolute atomic E-state index is 0.287. The molecule has 0 radical (unpaired) electrons. The molecule has 2 rings (SSSR count). The van der Waals surface area contributed by atoms with Crippen molar-refractivity contribution in [3.8, 4) is 6.07 Å². The van der Waals surface area contributed by atoms with Crippen molar-refractivity contribution in [2.45, 2.75) is 25.3 Å². The van der Waals surface area contributed by atoms with Gasteiger partial charge < -0.3 is 5.11 Å². The fraction of sp³-hybridized carbons (Fsp3) is 0.900. The van der Waals surface area contributed by atoms with Gasteiger partial charge in [0, 0.05) is 25.7 Å². The lowest BCUT2D eigenvalue weighted by atomic mass is 9.96. The molecule has 2 bridgehead atoms. The SMILES string of the molecule is N#CC1CC2CC1CN2CCCO. The first kappa shape index (κ1) is 8.98. The van der Waals surface area contributed by atoms with Gasteiger partial charge in [0.05, 0.1) is 12.0 Å². The second-order valence-corrected chi connectivity index (χ2v) is 4.19. The zero-order chi connectivity index (χ0) is 9.26. The predicted molar refractivity (Wildman–Crippen MR) is 48.9 cm³/mol. The van der Waals surface area contributed by atoms with Crippen molar-refractivity contribution in [3.63, 3.8) is 0 Å². The summed E-state index contributed by atoms with van der Waals surface area (Å²) in [7, 11) is 0. The van der Waals surface area contributed by atoms with E-state index in [0.29, 0.717) is 17.9 Å². The number of hydrogen-bond donors (Lipinski definition) is 1. The molecule has 1 aliphatic carbocycles. The normalized spacial score (nSPS) is 38.0. The highest BCUT2D eigenvalue weighted by Crippen LogP contribution is 2.41. The second kappa shape index (κ2) is 3.65. The quantitative estimate of drug-likeness (QED) is 0.692. The van der Waals surface area contributed by atoms with E-state index in [2.05, 4.69) is 11.0 Å². The fourth-order valence-electron chi connectivity index (χ4n) is 2.75. The van der Waals surface area contributed by atoms with Crippen LogP contribution in [0.15, 0.2) is 0 Å². The molecule has 2 aliphatic rings. The van der Waals surface area contributed by atoms with E-state index in [4.69, 9.17) is 10.4 Å². The lowest BCUT2D eigenvalue weighted by Crippen LogP contribution is -2.36. The van der Waals surface area contributed by atoms with Crippen molar-refractivity contribution in [1.29, 1.82) is 5.26 Å². The molecule has 1 saturated heterocycles. The summed E-state index contributed by atoms with van der Waals surface area (Å²) in [6, 6.07) is 3.04. The minimum Gasteiger partial charge on any atom is -0.396 e. The maximum Gasteiger partial charge on any atom is 0.0659 e. The third-order valence-corrected chi connectivity index (χ3v) is 3.42. The summed E-state index contributed by atoms with van der Waals surface area (Å²) < 4.78 is 0. The van der Waals surface area contributed by atoms with Gasteiger partial charge in [-0.25, -0.2) is 0 Å². The Morgan fingerprint density at radius 1 is 1.46 bits per heavy atom. The molecule has 0 spiro atoms. The van der Waals surface area contributed by atoms with E-state index in [-0.39, 0.29) is 6.61 Å². The monoisotopic (exact) mass is 180 g/mol. The average molecular weight is 180 g/mol. The molecule has 3 nitrogen and oxygen atoms in total. The number of fused-ring (bicyclic) bond motifs is 2. The molecular weight excluding hydrogens is 164 g/mol. The number of aliphatic hydroxyl groups is 1. The maximum absolute atomic E-state index is 8.84. The number of likely N-dealkylation sites (tertiary alicyclic amines) is 1. The smallest absolute Gasteiger partial charge is 0.0659 e.